The molecule has 11 heteroatoms. The molecule has 9 nitrogen and oxygen atoms in total. The first-order valence-electron chi connectivity index (χ1n) is 15.2. The summed E-state index contributed by atoms with van der Waals surface area (Å²) in [6.07, 6.45) is 14.7. The molecule has 1 atom stereocenters. The number of fused-ring (bicyclic) bond motifs is 1. The molecule has 1 saturated carbocycles. The number of nitrogens with zero attached hydrogens (tertiary/aromatic N) is 2. The van der Waals surface area contributed by atoms with Gasteiger partial charge >= 0.3 is 6.09 Å². The number of aromatic nitrogens is 2. The van der Waals surface area contributed by atoms with Crippen LogP contribution in [-0.2, 0) is 27.4 Å². The molecule has 0 saturated heterocycles. The lowest BCUT2D eigenvalue weighted by atomic mass is 9.95. The molecule has 0 aliphatic heterocycles. The Morgan fingerprint density at radius 3 is 2.52 bits per heavy atom. The Kier molecular flexibility index (Phi) is 11.2. The monoisotopic (exact) mass is 630 g/mol. The average Bonchev–Trinajstić information content (AvgIpc) is 3.35. The number of hydrogen-bond acceptors (Lipinski definition) is 6. The van der Waals surface area contributed by atoms with Crippen molar-refractivity contribution in [2.75, 3.05) is 31.1 Å². The van der Waals surface area contributed by atoms with Crippen LogP contribution in [0.15, 0.2) is 42.7 Å². The summed E-state index contributed by atoms with van der Waals surface area (Å²) in [4.78, 5) is 30.3. The second-order valence-electron chi connectivity index (χ2n) is 13.3. The van der Waals surface area contributed by atoms with Gasteiger partial charge in [0.1, 0.15) is 29.8 Å². The summed E-state index contributed by atoms with van der Waals surface area (Å²) < 4.78 is 34.5. The predicted molar refractivity (Wildman–Crippen MR) is 174 cm³/mol. The maximum atomic E-state index is 15.4. The molecule has 2 N–H and O–H groups in total. The number of amides is 2. The highest BCUT2D eigenvalue weighted by molar-refractivity contribution is 8.32. The lowest BCUT2D eigenvalue weighted by molar-refractivity contribution is -0.124. The third-order valence-corrected chi connectivity index (χ3v) is 8.70. The molecule has 1 aromatic carbocycles. The summed E-state index contributed by atoms with van der Waals surface area (Å²) in [5.41, 5.74) is 0.497. The van der Waals surface area contributed by atoms with Gasteiger partial charge in [0.05, 0.1) is 12.0 Å². The molecule has 44 heavy (non-hydrogen) atoms. The lowest BCUT2D eigenvalue weighted by Crippen LogP contribution is -2.51. The fraction of sp³-hybridized carbons (Fsp3) is 0.545. The number of halogens is 1. The van der Waals surface area contributed by atoms with Gasteiger partial charge in [-0.1, -0.05) is 25.3 Å². The summed E-state index contributed by atoms with van der Waals surface area (Å²) >= 11 is 0. The number of carbonyl (C=O) groups excluding carboxylic acids is 2. The van der Waals surface area contributed by atoms with E-state index in [-0.39, 0.29) is 24.1 Å². The van der Waals surface area contributed by atoms with Crippen molar-refractivity contribution in [2.45, 2.75) is 83.7 Å². The van der Waals surface area contributed by atoms with Crippen LogP contribution in [0.5, 0.6) is 11.5 Å². The van der Waals surface area contributed by atoms with Crippen LogP contribution >= 0.6 is 10.0 Å². The Morgan fingerprint density at radius 2 is 1.84 bits per heavy atom. The fourth-order valence-corrected chi connectivity index (χ4v) is 5.66. The van der Waals surface area contributed by atoms with Crippen molar-refractivity contribution in [2.24, 2.45) is 0 Å². The van der Waals surface area contributed by atoms with Crippen molar-refractivity contribution in [1.29, 1.82) is 0 Å². The summed E-state index contributed by atoms with van der Waals surface area (Å²) in [5, 5.41) is 6.49. The van der Waals surface area contributed by atoms with E-state index in [0.29, 0.717) is 30.3 Å². The van der Waals surface area contributed by atoms with Crippen LogP contribution in [0.2, 0.25) is 0 Å². The third kappa shape index (κ3) is 10.1. The van der Waals surface area contributed by atoms with Crippen LogP contribution in [0.1, 0.15) is 58.4 Å². The highest BCUT2D eigenvalue weighted by Gasteiger charge is 2.27. The SMILES string of the molecule is CC(C)(C)OC(=O)N[C@@H](Cc1ccc(Oc2ccnc3c2ccn3COCCS(C)(C)C)c(F)c1)C(=O)NC1CCCCC1. The van der Waals surface area contributed by atoms with E-state index in [1.807, 2.05) is 16.8 Å². The number of rotatable bonds is 12. The van der Waals surface area contributed by atoms with Gasteiger partial charge in [0, 0.05) is 30.6 Å². The van der Waals surface area contributed by atoms with Crippen molar-refractivity contribution < 1.29 is 28.2 Å². The second kappa shape index (κ2) is 14.6. The maximum Gasteiger partial charge on any atom is 0.408 e. The van der Waals surface area contributed by atoms with Crippen LogP contribution in [0.3, 0.4) is 0 Å². The number of benzene rings is 1. The molecule has 0 unspecified atom stereocenters. The van der Waals surface area contributed by atoms with E-state index in [1.165, 1.54) is 12.1 Å². The molecule has 4 rings (SSSR count). The smallest absolute Gasteiger partial charge is 0.408 e. The summed E-state index contributed by atoms with van der Waals surface area (Å²) in [6.45, 7) is 6.30. The number of carbonyl (C=O) groups is 2. The summed E-state index contributed by atoms with van der Waals surface area (Å²) in [7, 11) is -0.635. The topological polar surface area (TPSA) is 104 Å². The van der Waals surface area contributed by atoms with E-state index in [0.717, 1.165) is 43.2 Å². The molecule has 3 aromatic rings. The highest BCUT2D eigenvalue weighted by Crippen LogP contribution is 2.34. The van der Waals surface area contributed by atoms with Crippen molar-refractivity contribution in [3.05, 3.63) is 54.1 Å². The zero-order valence-electron chi connectivity index (χ0n) is 26.8. The average molecular weight is 631 g/mol. The summed E-state index contributed by atoms with van der Waals surface area (Å²) in [6, 6.07) is 7.28. The normalized spacial score (nSPS) is 15.5. The molecule has 242 valence electrons. The van der Waals surface area contributed by atoms with Gasteiger partial charge in [-0.25, -0.2) is 24.2 Å². The molecule has 2 amide bonds. The quantitative estimate of drug-likeness (QED) is 0.221. The molecule has 1 fully saturated rings. The first kappa shape index (κ1) is 33.6. The van der Waals surface area contributed by atoms with E-state index in [1.54, 1.807) is 39.1 Å². The van der Waals surface area contributed by atoms with Gasteiger partial charge in [-0.15, -0.1) is 0 Å². The number of alkyl carbamates (subject to hydrolysis) is 1. The minimum atomic E-state index is -0.926. The van der Waals surface area contributed by atoms with Crippen LogP contribution in [0.4, 0.5) is 9.18 Å². The Bertz CT molecular complexity index is 1430. The minimum absolute atomic E-state index is 0.0433. The van der Waals surface area contributed by atoms with E-state index in [9.17, 15) is 9.59 Å². The number of pyridine rings is 1. The fourth-order valence-electron chi connectivity index (χ4n) is 5.05. The van der Waals surface area contributed by atoms with Crippen LogP contribution in [0, 0.1) is 5.82 Å². The molecular formula is C33H47FN4O5S. The van der Waals surface area contributed by atoms with Gasteiger partial charge in [-0.05, 0) is 82.2 Å². The zero-order valence-corrected chi connectivity index (χ0v) is 27.6. The maximum absolute atomic E-state index is 15.4. The van der Waals surface area contributed by atoms with Gasteiger partial charge in [0.25, 0.3) is 0 Å². The van der Waals surface area contributed by atoms with Crippen LogP contribution in [-0.4, -0.2) is 70.4 Å². The molecule has 0 bridgehead atoms. The molecule has 0 spiro atoms. The zero-order chi connectivity index (χ0) is 31.9. The first-order chi connectivity index (χ1) is 20.8. The van der Waals surface area contributed by atoms with Crippen molar-refractivity contribution in [1.82, 2.24) is 20.2 Å². The van der Waals surface area contributed by atoms with E-state index in [2.05, 4.69) is 34.4 Å². The standard InChI is InChI=1S/C33H47FN4O5S/c1-33(2,3)43-32(40)37-27(31(39)36-24-10-8-7-9-11-24)21-23-12-13-29(26(34)20-23)42-28-14-16-35-30-25(28)15-17-38(30)22-41-18-19-44(4,5)6/h12-17,20,24,27H,7-11,18-19,21-22H2,1-6H3,(H,36,39)(H,37,40)/t27-/m0/s1. The lowest BCUT2D eigenvalue weighted by Gasteiger charge is -2.27. The Hall–Kier alpha value is -3.31. The second-order valence-corrected chi connectivity index (χ2v) is 17.9. The summed E-state index contributed by atoms with van der Waals surface area (Å²) in [5.74, 6) is 0.642. The predicted octanol–water partition coefficient (Wildman–Crippen LogP) is 6.52. The van der Waals surface area contributed by atoms with Gasteiger partial charge in [-0.3, -0.25) is 4.79 Å². The number of ether oxygens (including phenoxy) is 3. The van der Waals surface area contributed by atoms with Crippen LogP contribution < -0.4 is 15.4 Å². The van der Waals surface area contributed by atoms with Gasteiger partial charge in [-0.2, -0.15) is 0 Å². The van der Waals surface area contributed by atoms with E-state index in [4.69, 9.17) is 14.2 Å². The molecule has 0 radical (unpaired) electrons. The molecule has 2 aromatic heterocycles. The van der Waals surface area contributed by atoms with Crippen molar-refractivity contribution >= 4 is 33.1 Å². The minimum Gasteiger partial charge on any atom is -0.453 e. The van der Waals surface area contributed by atoms with Crippen LogP contribution in [0.25, 0.3) is 11.0 Å². The van der Waals surface area contributed by atoms with Crippen molar-refractivity contribution in [3.63, 3.8) is 0 Å². The Balaban J connectivity index is 1.45. The first-order valence-corrected chi connectivity index (χ1v) is 18.2. The van der Waals surface area contributed by atoms with Gasteiger partial charge in [0.2, 0.25) is 5.91 Å². The Labute approximate surface area is 261 Å². The highest BCUT2D eigenvalue weighted by atomic mass is 32.3. The molecule has 1 aliphatic carbocycles. The van der Waals surface area contributed by atoms with E-state index >= 15 is 4.39 Å². The number of hydrogen-bond donors (Lipinski definition) is 2. The molecule has 2 heterocycles. The molecule has 1 aliphatic rings. The third-order valence-electron chi connectivity index (χ3n) is 7.31. The van der Waals surface area contributed by atoms with Crippen molar-refractivity contribution in [3.8, 4) is 11.5 Å². The molecular weight excluding hydrogens is 583 g/mol. The number of nitrogens with one attached hydrogen (secondary N) is 2. The largest absolute Gasteiger partial charge is 0.453 e. The Morgan fingerprint density at radius 1 is 1.09 bits per heavy atom. The van der Waals surface area contributed by atoms with Gasteiger partial charge < -0.3 is 29.4 Å². The van der Waals surface area contributed by atoms with E-state index < -0.39 is 33.6 Å². The van der Waals surface area contributed by atoms with Gasteiger partial charge in [0.15, 0.2) is 11.6 Å².